The standard InChI is InChI=1S/C23H45N3O6S2/c1-21(2,3)31-19(29)25-16(15-33-34-23(7,8)9)14-24-13-11-10-12-17(18(27)28)26-20(30)32-22(4,5)6/h16-17,24H,10-15H2,1-9H3,(H,25,29)(H,26,30)(H,27,28)/t16-,17+/m1/s1. The van der Waals surface area contributed by atoms with Crippen LogP contribution in [-0.4, -0.2) is 70.1 Å². The van der Waals surface area contributed by atoms with Crippen LogP contribution in [0.25, 0.3) is 0 Å². The second kappa shape index (κ2) is 14.9. The summed E-state index contributed by atoms with van der Waals surface area (Å²) in [6.45, 7) is 18.3. The summed E-state index contributed by atoms with van der Waals surface area (Å²) in [5.41, 5.74) is -1.26. The van der Waals surface area contributed by atoms with E-state index in [2.05, 4.69) is 36.7 Å². The Balaban J connectivity index is 4.50. The molecule has 11 heteroatoms. The average Bonchev–Trinajstić information content (AvgIpc) is 2.58. The van der Waals surface area contributed by atoms with Crippen molar-refractivity contribution in [3.05, 3.63) is 0 Å². The Bertz CT molecular complexity index is 642. The number of nitrogens with one attached hydrogen (secondary N) is 3. The molecule has 0 aliphatic rings. The number of unbranched alkanes of at least 4 members (excludes halogenated alkanes) is 1. The normalized spacial score (nSPS) is 14.1. The number of rotatable bonds is 13. The predicted molar refractivity (Wildman–Crippen MR) is 140 cm³/mol. The lowest BCUT2D eigenvalue weighted by molar-refractivity contribution is -0.139. The molecule has 0 aliphatic heterocycles. The molecule has 0 aromatic heterocycles. The fourth-order valence-corrected chi connectivity index (χ4v) is 5.05. The van der Waals surface area contributed by atoms with Gasteiger partial charge in [-0.15, -0.1) is 0 Å². The van der Waals surface area contributed by atoms with Gasteiger partial charge in [-0.25, -0.2) is 14.4 Å². The van der Waals surface area contributed by atoms with Crippen LogP contribution in [0.2, 0.25) is 0 Å². The molecule has 2 amide bonds. The third-order valence-electron chi connectivity index (χ3n) is 3.78. The highest BCUT2D eigenvalue weighted by molar-refractivity contribution is 8.77. The molecule has 0 aromatic rings. The molecule has 0 radical (unpaired) electrons. The molecule has 0 fully saturated rings. The maximum atomic E-state index is 12.2. The van der Waals surface area contributed by atoms with Gasteiger partial charge in [-0.3, -0.25) is 0 Å². The maximum Gasteiger partial charge on any atom is 0.408 e. The number of amides is 2. The van der Waals surface area contributed by atoms with Crippen LogP contribution >= 0.6 is 21.6 Å². The number of carboxylic acid groups (broad SMARTS) is 1. The van der Waals surface area contributed by atoms with E-state index in [4.69, 9.17) is 9.47 Å². The zero-order valence-corrected chi connectivity index (χ0v) is 23.8. The molecule has 0 saturated heterocycles. The molecule has 2 atom stereocenters. The molecule has 0 aliphatic carbocycles. The number of alkyl carbamates (subject to hydrolysis) is 2. The van der Waals surface area contributed by atoms with Crippen molar-refractivity contribution in [3.63, 3.8) is 0 Å². The van der Waals surface area contributed by atoms with E-state index in [1.54, 1.807) is 42.4 Å². The largest absolute Gasteiger partial charge is 0.480 e. The number of hydrogen-bond acceptors (Lipinski definition) is 8. The first-order valence-corrected chi connectivity index (χ1v) is 13.9. The Hall–Kier alpha value is -1.33. The van der Waals surface area contributed by atoms with Crippen LogP contribution < -0.4 is 16.0 Å². The summed E-state index contributed by atoms with van der Waals surface area (Å²) in [5.74, 6) is -0.372. The molecule has 0 unspecified atom stereocenters. The lowest BCUT2D eigenvalue weighted by atomic mass is 10.1. The van der Waals surface area contributed by atoms with Crippen LogP contribution in [-0.2, 0) is 14.3 Å². The Morgan fingerprint density at radius 1 is 0.853 bits per heavy atom. The van der Waals surface area contributed by atoms with E-state index in [9.17, 15) is 19.5 Å². The quantitative estimate of drug-likeness (QED) is 0.199. The molecule has 0 rings (SSSR count). The van der Waals surface area contributed by atoms with Gasteiger partial charge in [0.1, 0.15) is 17.2 Å². The minimum atomic E-state index is -1.09. The molecule has 34 heavy (non-hydrogen) atoms. The molecule has 0 saturated carbocycles. The second-order valence-corrected chi connectivity index (χ2v) is 14.2. The monoisotopic (exact) mass is 523 g/mol. The van der Waals surface area contributed by atoms with Crippen molar-refractivity contribution in [2.45, 2.75) is 110 Å². The van der Waals surface area contributed by atoms with Crippen molar-refractivity contribution in [2.75, 3.05) is 18.8 Å². The van der Waals surface area contributed by atoms with E-state index in [1.165, 1.54) is 0 Å². The molecule has 9 nitrogen and oxygen atoms in total. The summed E-state index contributed by atoms with van der Waals surface area (Å²) >= 11 is 0. The molecule has 0 heterocycles. The van der Waals surface area contributed by atoms with Gasteiger partial charge in [0.2, 0.25) is 0 Å². The minimum absolute atomic E-state index is 0.114. The van der Waals surface area contributed by atoms with Crippen LogP contribution in [0.15, 0.2) is 0 Å². The molecule has 0 bridgehead atoms. The van der Waals surface area contributed by atoms with Crippen molar-refractivity contribution < 1.29 is 29.0 Å². The van der Waals surface area contributed by atoms with Gasteiger partial charge in [0.25, 0.3) is 0 Å². The van der Waals surface area contributed by atoms with E-state index >= 15 is 0 Å². The van der Waals surface area contributed by atoms with Crippen molar-refractivity contribution in [2.24, 2.45) is 0 Å². The molecule has 4 N–H and O–H groups in total. The lowest BCUT2D eigenvalue weighted by Gasteiger charge is -2.25. The molecular weight excluding hydrogens is 478 g/mol. The van der Waals surface area contributed by atoms with E-state index in [0.717, 1.165) is 12.2 Å². The smallest absolute Gasteiger partial charge is 0.408 e. The average molecular weight is 524 g/mol. The first kappa shape index (κ1) is 32.7. The van der Waals surface area contributed by atoms with Crippen molar-refractivity contribution >= 4 is 39.7 Å². The maximum absolute atomic E-state index is 12.2. The number of carbonyl (C=O) groups is 3. The Morgan fingerprint density at radius 3 is 1.85 bits per heavy atom. The summed E-state index contributed by atoms with van der Waals surface area (Å²) in [6.07, 6.45) is 0.452. The third kappa shape index (κ3) is 20.1. The van der Waals surface area contributed by atoms with E-state index in [0.29, 0.717) is 25.9 Å². The number of hydrogen-bond donors (Lipinski definition) is 4. The number of ether oxygens (including phenoxy) is 2. The zero-order chi connectivity index (χ0) is 26.6. The van der Waals surface area contributed by atoms with Crippen LogP contribution in [0.3, 0.4) is 0 Å². The first-order valence-electron chi connectivity index (χ1n) is 11.6. The van der Waals surface area contributed by atoms with Crippen molar-refractivity contribution in [3.8, 4) is 0 Å². The van der Waals surface area contributed by atoms with Gasteiger partial charge in [0.15, 0.2) is 0 Å². The van der Waals surface area contributed by atoms with E-state index in [-0.39, 0.29) is 10.8 Å². The number of carbonyl (C=O) groups excluding carboxylic acids is 2. The van der Waals surface area contributed by atoms with Crippen LogP contribution in [0.1, 0.15) is 81.6 Å². The highest BCUT2D eigenvalue weighted by Crippen LogP contribution is 2.35. The number of aliphatic carboxylic acids is 1. The Morgan fingerprint density at radius 2 is 1.38 bits per heavy atom. The van der Waals surface area contributed by atoms with Crippen LogP contribution in [0.4, 0.5) is 9.59 Å². The number of carboxylic acids is 1. The summed E-state index contributed by atoms with van der Waals surface area (Å²) < 4.78 is 10.6. The van der Waals surface area contributed by atoms with Crippen molar-refractivity contribution in [1.29, 1.82) is 0 Å². The van der Waals surface area contributed by atoms with Gasteiger partial charge in [-0.1, -0.05) is 42.4 Å². The molecule has 0 aromatic carbocycles. The fourth-order valence-electron chi connectivity index (χ4n) is 2.50. The van der Waals surface area contributed by atoms with Gasteiger partial charge in [0, 0.05) is 17.0 Å². The summed E-state index contributed by atoms with van der Waals surface area (Å²) in [6, 6.07) is -1.11. The Labute approximate surface area is 213 Å². The fraction of sp³-hybridized carbons (Fsp3) is 0.870. The van der Waals surface area contributed by atoms with E-state index in [1.807, 2.05) is 20.8 Å². The van der Waals surface area contributed by atoms with Crippen molar-refractivity contribution in [1.82, 2.24) is 16.0 Å². The third-order valence-corrected chi connectivity index (χ3v) is 7.19. The van der Waals surface area contributed by atoms with E-state index < -0.39 is 35.4 Å². The SMILES string of the molecule is CC(C)(C)OC(=O)N[C@H](CNCCCC[C@H](NC(=O)OC(C)(C)C)C(=O)O)CSSC(C)(C)C. The predicted octanol–water partition coefficient (Wildman–Crippen LogP) is 4.80. The molecule has 200 valence electrons. The first-order chi connectivity index (χ1) is 15.4. The minimum Gasteiger partial charge on any atom is -0.480 e. The zero-order valence-electron chi connectivity index (χ0n) is 22.2. The summed E-state index contributed by atoms with van der Waals surface area (Å²) in [4.78, 5) is 35.5. The second-order valence-electron chi connectivity index (χ2n) is 11.1. The topological polar surface area (TPSA) is 126 Å². The highest BCUT2D eigenvalue weighted by atomic mass is 33.1. The molecular formula is C23H45N3O6S2. The van der Waals surface area contributed by atoms with Crippen LogP contribution in [0.5, 0.6) is 0 Å². The molecule has 0 spiro atoms. The van der Waals surface area contributed by atoms with Crippen LogP contribution in [0, 0.1) is 0 Å². The Kier molecular flexibility index (Phi) is 14.3. The van der Waals surface area contributed by atoms with Gasteiger partial charge >= 0.3 is 18.2 Å². The lowest BCUT2D eigenvalue weighted by Crippen LogP contribution is -2.46. The highest BCUT2D eigenvalue weighted by Gasteiger charge is 2.24. The summed E-state index contributed by atoms with van der Waals surface area (Å²) in [5, 5.41) is 18.0. The van der Waals surface area contributed by atoms with Gasteiger partial charge < -0.3 is 30.5 Å². The van der Waals surface area contributed by atoms with Gasteiger partial charge in [0.05, 0.1) is 6.04 Å². The summed E-state index contributed by atoms with van der Waals surface area (Å²) in [7, 11) is 3.46. The van der Waals surface area contributed by atoms with Gasteiger partial charge in [-0.2, -0.15) is 0 Å². The van der Waals surface area contributed by atoms with Gasteiger partial charge in [-0.05, 0) is 67.3 Å².